The predicted octanol–water partition coefficient (Wildman–Crippen LogP) is 0.592. The third-order valence-electron chi connectivity index (χ3n) is 0.844. The van der Waals surface area contributed by atoms with Crippen molar-refractivity contribution in [3.8, 4) is 11.8 Å². The lowest BCUT2D eigenvalue weighted by Crippen LogP contribution is -1.61. The molecule has 3 nitrogen and oxygen atoms in total. The van der Waals surface area contributed by atoms with E-state index in [1.54, 1.807) is 6.07 Å². The zero-order valence-corrected chi connectivity index (χ0v) is 4.05. The molecule has 1 aromatic rings. The Kier molecular flexibility index (Phi) is 0.935. The Morgan fingerprint density at radius 2 is 2.38 bits per heavy atom. The third kappa shape index (κ3) is 0.521. The van der Waals surface area contributed by atoms with Crippen molar-refractivity contribution in [2.75, 3.05) is 0 Å². The highest BCUT2D eigenvalue weighted by atomic mass is 16.3. The summed E-state index contributed by atoms with van der Waals surface area (Å²) in [5.74, 6) is 0.00694. The van der Waals surface area contributed by atoms with E-state index in [9.17, 15) is 0 Å². The lowest BCUT2D eigenvalue weighted by Gasteiger charge is -1.76. The fraction of sp³-hybridized carbons (Fsp3) is 0. The summed E-state index contributed by atoms with van der Waals surface area (Å²) in [4.78, 5) is 2.58. The van der Waals surface area contributed by atoms with Crippen LogP contribution in [-0.4, -0.2) is 10.1 Å². The monoisotopic (exact) mass is 108 g/mol. The van der Waals surface area contributed by atoms with E-state index in [-0.39, 0.29) is 11.3 Å². The van der Waals surface area contributed by atoms with E-state index >= 15 is 0 Å². The highest BCUT2D eigenvalue weighted by Crippen LogP contribution is 2.11. The maximum absolute atomic E-state index is 8.70. The molecular formula is C5H4N2O. The third-order valence-corrected chi connectivity index (χ3v) is 0.844. The second-order valence-corrected chi connectivity index (χ2v) is 1.37. The van der Waals surface area contributed by atoms with Crippen molar-refractivity contribution in [3.63, 3.8) is 0 Å². The van der Waals surface area contributed by atoms with Gasteiger partial charge in [-0.25, -0.2) is 0 Å². The summed E-state index contributed by atoms with van der Waals surface area (Å²) in [5.41, 5.74) is 0.282. The fourth-order valence-electron chi connectivity index (χ4n) is 0.445. The van der Waals surface area contributed by atoms with Gasteiger partial charge in [0.05, 0.1) is 0 Å². The molecule has 0 spiro atoms. The second kappa shape index (κ2) is 1.58. The van der Waals surface area contributed by atoms with Crippen LogP contribution in [0.2, 0.25) is 0 Å². The fourth-order valence-corrected chi connectivity index (χ4v) is 0.445. The molecule has 0 fully saturated rings. The van der Waals surface area contributed by atoms with Gasteiger partial charge in [-0.05, 0) is 0 Å². The molecule has 1 rings (SSSR count). The van der Waals surface area contributed by atoms with Gasteiger partial charge in [-0.1, -0.05) is 0 Å². The van der Waals surface area contributed by atoms with Crippen LogP contribution in [0.5, 0.6) is 5.75 Å². The van der Waals surface area contributed by atoms with E-state index in [0.29, 0.717) is 0 Å². The zero-order valence-electron chi connectivity index (χ0n) is 4.05. The Morgan fingerprint density at radius 1 is 1.62 bits per heavy atom. The first-order chi connectivity index (χ1) is 3.84. The molecule has 0 aliphatic rings. The molecule has 0 aromatic carbocycles. The minimum atomic E-state index is 0.00694. The standard InChI is InChI=1S/C5H4N2O/c6-1-4-2-7-3-5(4)8/h2-3,7-8H. The highest BCUT2D eigenvalue weighted by molar-refractivity contribution is 5.38. The average molecular weight is 108 g/mol. The number of nitrogens with zero attached hydrogens (tertiary/aromatic N) is 1. The number of aromatic amines is 1. The largest absolute Gasteiger partial charge is 0.505 e. The Balaban J connectivity index is 3.15. The summed E-state index contributed by atoms with van der Waals surface area (Å²) in [7, 11) is 0. The highest BCUT2D eigenvalue weighted by Gasteiger charge is 1.95. The maximum Gasteiger partial charge on any atom is 0.150 e. The quantitative estimate of drug-likeness (QED) is 0.511. The Hall–Kier alpha value is -1.43. The van der Waals surface area contributed by atoms with E-state index in [4.69, 9.17) is 10.4 Å². The summed E-state index contributed by atoms with van der Waals surface area (Å²) in [5, 5.41) is 16.9. The summed E-state index contributed by atoms with van der Waals surface area (Å²) in [6.45, 7) is 0. The number of aromatic nitrogens is 1. The van der Waals surface area contributed by atoms with Crippen LogP contribution in [0.1, 0.15) is 5.56 Å². The lowest BCUT2D eigenvalue weighted by molar-refractivity contribution is 0.474. The molecule has 2 N–H and O–H groups in total. The van der Waals surface area contributed by atoms with Crippen molar-refractivity contribution < 1.29 is 5.11 Å². The van der Waals surface area contributed by atoms with Crippen molar-refractivity contribution in [2.24, 2.45) is 0 Å². The van der Waals surface area contributed by atoms with Crippen LogP contribution in [0.25, 0.3) is 0 Å². The van der Waals surface area contributed by atoms with Gasteiger partial charge in [-0.15, -0.1) is 0 Å². The summed E-state index contributed by atoms with van der Waals surface area (Å²) in [6, 6.07) is 1.79. The smallest absolute Gasteiger partial charge is 0.150 e. The summed E-state index contributed by atoms with van der Waals surface area (Å²) in [6.07, 6.45) is 2.80. The molecule has 1 aromatic heterocycles. The minimum Gasteiger partial charge on any atom is -0.505 e. The first-order valence-corrected chi connectivity index (χ1v) is 2.10. The van der Waals surface area contributed by atoms with Crippen LogP contribution < -0.4 is 0 Å². The zero-order chi connectivity index (χ0) is 5.98. The number of nitriles is 1. The van der Waals surface area contributed by atoms with Crippen molar-refractivity contribution in [1.29, 1.82) is 5.26 Å². The van der Waals surface area contributed by atoms with Gasteiger partial charge in [0.2, 0.25) is 0 Å². The molecule has 0 atom stereocenters. The molecule has 0 aliphatic heterocycles. The first-order valence-electron chi connectivity index (χ1n) is 2.10. The number of rotatable bonds is 0. The van der Waals surface area contributed by atoms with Gasteiger partial charge in [0.15, 0.2) is 5.75 Å². The van der Waals surface area contributed by atoms with Crippen LogP contribution in [0, 0.1) is 11.3 Å². The van der Waals surface area contributed by atoms with Crippen LogP contribution in [-0.2, 0) is 0 Å². The molecule has 0 radical (unpaired) electrons. The van der Waals surface area contributed by atoms with Gasteiger partial charge in [-0.3, -0.25) is 0 Å². The molecule has 1 heterocycles. The minimum absolute atomic E-state index is 0.00694. The van der Waals surface area contributed by atoms with Crippen molar-refractivity contribution >= 4 is 0 Å². The topological polar surface area (TPSA) is 59.8 Å². The van der Waals surface area contributed by atoms with Crippen molar-refractivity contribution in [2.45, 2.75) is 0 Å². The maximum atomic E-state index is 8.70. The number of nitrogens with one attached hydrogen (secondary N) is 1. The van der Waals surface area contributed by atoms with Crippen molar-refractivity contribution in [3.05, 3.63) is 18.0 Å². The lowest BCUT2D eigenvalue weighted by atomic mass is 10.4. The first kappa shape index (κ1) is 4.72. The van der Waals surface area contributed by atoms with Crippen LogP contribution in [0.4, 0.5) is 0 Å². The SMILES string of the molecule is N#Cc1c[nH]cc1O. The van der Waals surface area contributed by atoms with Gasteiger partial charge >= 0.3 is 0 Å². The van der Waals surface area contributed by atoms with Gasteiger partial charge in [-0.2, -0.15) is 5.26 Å². The van der Waals surface area contributed by atoms with E-state index < -0.39 is 0 Å². The Bertz CT molecular complexity index is 221. The normalized spacial score (nSPS) is 8.38. The summed E-state index contributed by atoms with van der Waals surface area (Å²) >= 11 is 0. The van der Waals surface area contributed by atoms with Gasteiger partial charge in [0.1, 0.15) is 11.6 Å². The number of H-pyrrole nitrogens is 1. The molecule has 0 saturated heterocycles. The summed E-state index contributed by atoms with van der Waals surface area (Å²) < 4.78 is 0. The van der Waals surface area contributed by atoms with Crippen LogP contribution in [0.15, 0.2) is 12.4 Å². The second-order valence-electron chi connectivity index (χ2n) is 1.37. The van der Waals surface area contributed by atoms with E-state index in [1.807, 2.05) is 0 Å². The molecule has 0 unspecified atom stereocenters. The Morgan fingerprint density at radius 3 is 2.62 bits per heavy atom. The molecule has 0 saturated carbocycles. The van der Waals surface area contributed by atoms with Crippen molar-refractivity contribution in [1.82, 2.24) is 4.98 Å². The molecule has 0 amide bonds. The van der Waals surface area contributed by atoms with Gasteiger partial charge in [0.25, 0.3) is 0 Å². The average Bonchev–Trinajstić information content (AvgIpc) is 2.14. The Labute approximate surface area is 46.2 Å². The van der Waals surface area contributed by atoms with Crippen LogP contribution >= 0.6 is 0 Å². The molecular weight excluding hydrogens is 104 g/mol. The molecule has 8 heavy (non-hydrogen) atoms. The van der Waals surface area contributed by atoms with E-state index in [2.05, 4.69) is 4.98 Å². The molecule has 0 bridgehead atoms. The molecule has 40 valence electrons. The predicted molar refractivity (Wildman–Crippen MR) is 27.2 cm³/mol. The van der Waals surface area contributed by atoms with Crippen LogP contribution in [0.3, 0.4) is 0 Å². The van der Waals surface area contributed by atoms with Gasteiger partial charge < -0.3 is 10.1 Å². The number of hydrogen-bond acceptors (Lipinski definition) is 2. The molecule has 0 aliphatic carbocycles. The van der Waals surface area contributed by atoms with Gasteiger partial charge in [0, 0.05) is 12.4 Å². The van der Waals surface area contributed by atoms with E-state index in [0.717, 1.165) is 0 Å². The number of aromatic hydroxyl groups is 1. The van der Waals surface area contributed by atoms with E-state index in [1.165, 1.54) is 12.4 Å². The number of hydrogen-bond donors (Lipinski definition) is 2. The molecule has 3 heteroatoms.